The maximum absolute atomic E-state index is 12.3. The zero-order valence-corrected chi connectivity index (χ0v) is 14.5. The normalized spacial score (nSPS) is 13.5. The molecule has 1 atom stereocenters. The lowest BCUT2D eigenvalue weighted by atomic mass is 9.89. The lowest BCUT2D eigenvalue weighted by Gasteiger charge is -2.18. The van der Waals surface area contributed by atoms with Gasteiger partial charge in [-0.05, 0) is 5.92 Å². The molecule has 2 N–H and O–H groups in total. The Morgan fingerprint density at radius 1 is 1.41 bits per heavy atom. The van der Waals surface area contributed by atoms with E-state index in [9.17, 15) is 9.90 Å². The molecular formula is C16H29N3O3. The number of carbonyl (C=O) groups is 1. The van der Waals surface area contributed by atoms with Crippen molar-refractivity contribution in [3.05, 3.63) is 17.5 Å². The first-order valence-corrected chi connectivity index (χ1v) is 7.69. The fourth-order valence-electron chi connectivity index (χ4n) is 2.01. The van der Waals surface area contributed by atoms with Gasteiger partial charge in [0.2, 0.25) is 0 Å². The highest BCUT2D eigenvalue weighted by molar-refractivity contribution is 5.95. The van der Waals surface area contributed by atoms with E-state index in [1.54, 1.807) is 17.9 Å². The van der Waals surface area contributed by atoms with Crippen LogP contribution in [-0.4, -0.2) is 46.7 Å². The summed E-state index contributed by atoms with van der Waals surface area (Å²) < 4.78 is 7.00. The number of hydrogen-bond donors (Lipinski definition) is 2. The van der Waals surface area contributed by atoms with Crippen molar-refractivity contribution in [2.24, 2.45) is 13.0 Å². The molecule has 0 aliphatic rings. The Morgan fingerprint density at radius 3 is 2.59 bits per heavy atom. The number of aliphatic hydroxyl groups is 1. The smallest absolute Gasteiger partial charge is 0.254 e. The summed E-state index contributed by atoms with van der Waals surface area (Å²) >= 11 is 0. The van der Waals surface area contributed by atoms with Crippen LogP contribution in [-0.2, 0) is 17.2 Å². The average molecular weight is 311 g/mol. The van der Waals surface area contributed by atoms with E-state index in [0.717, 1.165) is 5.69 Å². The van der Waals surface area contributed by atoms with Crippen molar-refractivity contribution in [1.82, 2.24) is 15.1 Å². The summed E-state index contributed by atoms with van der Waals surface area (Å²) in [5, 5.41) is 16.9. The number of hydrogen-bond acceptors (Lipinski definition) is 4. The topological polar surface area (TPSA) is 76.4 Å². The molecular weight excluding hydrogens is 282 g/mol. The molecule has 0 aromatic carbocycles. The third-order valence-corrected chi connectivity index (χ3v) is 3.04. The van der Waals surface area contributed by atoms with Gasteiger partial charge in [0, 0.05) is 31.8 Å². The number of nitrogens with one attached hydrogen (secondary N) is 1. The van der Waals surface area contributed by atoms with Gasteiger partial charge < -0.3 is 15.2 Å². The minimum atomic E-state index is -0.711. The highest BCUT2D eigenvalue weighted by Crippen LogP contribution is 2.23. The zero-order valence-electron chi connectivity index (χ0n) is 14.5. The van der Waals surface area contributed by atoms with Gasteiger partial charge in [-0.15, -0.1) is 0 Å². The van der Waals surface area contributed by atoms with E-state index >= 15 is 0 Å². The molecule has 22 heavy (non-hydrogen) atoms. The van der Waals surface area contributed by atoms with Crippen LogP contribution in [0.2, 0.25) is 0 Å². The molecule has 0 saturated heterocycles. The summed E-state index contributed by atoms with van der Waals surface area (Å²) in [6.45, 7) is 11.1. The molecule has 0 aliphatic heterocycles. The monoisotopic (exact) mass is 311 g/mol. The Bertz CT molecular complexity index is 489. The average Bonchev–Trinajstić information content (AvgIpc) is 2.77. The van der Waals surface area contributed by atoms with Crippen molar-refractivity contribution in [2.45, 2.75) is 46.1 Å². The molecule has 1 heterocycles. The van der Waals surface area contributed by atoms with E-state index in [1.807, 2.05) is 34.6 Å². The van der Waals surface area contributed by atoms with Gasteiger partial charge in [-0.1, -0.05) is 34.6 Å². The molecule has 0 spiro atoms. The second-order valence-electron chi connectivity index (χ2n) is 7.11. The van der Waals surface area contributed by atoms with Gasteiger partial charge in [0.1, 0.15) is 0 Å². The number of aliphatic hydroxyl groups excluding tert-OH is 1. The van der Waals surface area contributed by atoms with Crippen molar-refractivity contribution >= 4 is 5.91 Å². The highest BCUT2D eigenvalue weighted by atomic mass is 16.5. The molecule has 1 aromatic rings. The second-order valence-corrected chi connectivity index (χ2v) is 7.11. The van der Waals surface area contributed by atoms with Crippen molar-refractivity contribution in [3.8, 4) is 0 Å². The summed E-state index contributed by atoms with van der Waals surface area (Å²) in [6.07, 6.45) is 0.995. The van der Waals surface area contributed by atoms with Crippen LogP contribution < -0.4 is 5.32 Å². The minimum Gasteiger partial charge on any atom is -0.389 e. The largest absolute Gasteiger partial charge is 0.389 e. The molecule has 1 rings (SSSR count). The Kier molecular flexibility index (Phi) is 6.56. The molecule has 126 valence electrons. The van der Waals surface area contributed by atoms with Crippen molar-refractivity contribution in [3.63, 3.8) is 0 Å². The van der Waals surface area contributed by atoms with E-state index in [-0.39, 0.29) is 24.5 Å². The first-order chi connectivity index (χ1) is 10.1. The van der Waals surface area contributed by atoms with E-state index in [1.165, 1.54) is 0 Å². The molecule has 0 radical (unpaired) electrons. The Hall–Kier alpha value is -1.40. The molecule has 0 bridgehead atoms. The zero-order chi connectivity index (χ0) is 16.9. The molecule has 1 aromatic heterocycles. The minimum absolute atomic E-state index is 0.162. The van der Waals surface area contributed by atoms with Crippen LogP contribution in [0, 0.1) is 5.92 Å². The Balaban J connectivity index is 2.56. The van der Waals surface area contributed by atoms with Crippen LogP contribution >= 0.6 is 0 Å². The summed E-state index contributed by atoms with van der Waals surface area (Å²) in [6, 6.07) is 0. The number of carbonyl (C=O) groups excluding carboxylic acids is 1. The number of nitrogens with zero attached hydrogens (tertiary/aromatic N) is 2. The lowest BCUT2D eigenvalue weighted by Crippen LogP contribution is -2.35. The molecule has 1 unspecified atom stereocenters. The van der Waals surface area contributed by atoms with Gasteiger partial charge in [0.15, 0.2) is 0 Å². The van der Waals surface area contributed by atoms with Crippen molar-refractivity contribution in [1.29, 1.82) is 0 Å². The number of aryl methyl sites for hydroxylation is 1. The molecule has 0 aliphatic carbocycles. The first kappa shape index (κ1) is 18.6. The maximum Gasteiger partial charge on any atom is 0.254 e. The molecule has 0 fully saturated rings. The van der Waals surface area contributed by atoms with Gasteiger partial charge in [-0.2, -0.15) is 5.10 Å². The van der Waals surface area contributed by atoms with E-state index in [0.29, 0.717) is 18.1 Å². The molecule has 0 saturated carbocycles. The van der Waals surface area contributed by atoms with E-state index in [4.69, 9.17) is 4.74 Å². The van der Waals surface area contributed by atoms with Crippen LogP contribution in [0.25, 0.3) is 0 Å². The van der Waals surface area contributed by atoms with Gasteiger partial charge >= 0.3 is 0 Å². The standard InChI is InChI=1S/C16H29N3O3/c1-11(2)9-22-10-12(20)7-17-15(21)13-8-19(6)18-14(13)16(3,4)5/h8,11-12,20H,7,9-10H2,1-6H3,(H,17,21). The van der Waals surface area contributed by atoms with Gasteiger partial charge in [0.25, 0.3) is 5.91 Å². The lowest BCUT2D eigenvalue weighted by molar-refractivity contribution is 0.0259. The fraction of sp³-hybridized carbons (Fsp3) is 0.750. The van der Waals surface area contributed by atoms with Gasteiger partial charge in [0.05, 0.1) is 24.0 Å². The Morgan fingerprint density at radius 2 is 2.05 bits per heavy atom. The van der Waals surface area contributed by atoms with Crippen LogP contribution in [0.4, 0.5) is 0 Å². The molecule has 6 nitrogen and oxygen atoms in total. The number of rotatable bonds is 7. The molecule has 1 amide bonds. The SMILES string of the molecule is CC(C)COCC(O)CNC(=O)c1cn(C)nc1C(C)(C)C. The van der Waals surface area contributed by atoms with E-state index in [2.05, 4.69) is 10.4 Å². The fourth-order valence-corrected chi connectivity index (χ4v) is 2.01. The van der Waals surface area contributed by atoms with Crippen LogP contribution in [0.15, 0.2) is 6.20 Å². The van der Waals surface area contributed by atoms with Gasteiger partial charge in [-0.3, -0.25) is 9.48 Å². The predicted octanol–water partition coefficient (Wildman–Crippen LogP) is 1.48. The van der Waals surface area contributed by atoms with E-state index < -0.39 is 6.10 Å². The third kappa shape index (κ3) is 5.77. The number of ether oxygens (including phenoxy) is 1. The number of amides is 1. The van der Waals surface area contributed by atoms with Crippen LogP contribution in [0.5, 0.6) is 0 Å². The first-order valence-electron chi connectivity index (χ1n) is 7.69. The maximum atomic E-state index is 12.3. The Labute approximate surface area is 132 Å². The highest BCUT2D eigenvalue weighted by Gasteiger charge is 2.25. The quantitative estimate of drug-likeness (QED) is 0.800. The number of aromatic nitrogens is 2. The molecule has 6 heteroatoms. The van der Waals surface area contributed by atoms with Crippen molar-refractivity contribution < 1.29 is 14.6 Å². The van der Waals surface area contributed by atoms with Gasteiger partial charge in [-0.25, -0.2) is 0 Å². The third-order valence-electron chi connectivity index (χ3n) is 3.04. The summed E-state index contributed by atoms with van der Waals surface area (Å²) in [7, 11) is 1.79. The van der Waals surface area contributed by atoms with Crippen molar-refractivity contribution in [2.75, 3.05) is 19.8 Å². The summed E-state index contributed by atoms with van der Waals surface area (Å²) in [4.78, 5) is 12.3. The summed E-state index contributed by atoms with van der Waals surface area (Å²) in [5.41, 5.74) is 1.08. The second kappa shape index (κ2) is 7.74. The predicted molar refractivity (Wildman–Crippen MR) is 85.9 cm³/mol. The van der Waals surface area contributed by atoms with Crippen LogP contribution in [0.1, 0.15) is 50.7 Å². The summed E-state index contributed by atoms with van der Waals surface area (Å²) in [5.74, 6) is 0.201. The van der Waals surface area contributed by atoms with Crippen LogP contribution in [0.3, 0.4) is 0 Å².